The Balaban J connectivity index is 2.03. The maximum atomic E-state index is 13.2. The molecule has 0 aliphatic carbocycles. The fraction of sp³-hybridized carbons (Fsp3) is 0.188. The molecule has 1 atom stereocenters. The fourth-order valence-electron chi connectivity index (χ4n) is 1.79. The third kappa shape index (κ3) is 4.05. The summed E-state index contributed by atoms with van der Waals surface area (Å²) in [6.07, 6.45) is 0. The number of ketones is 1. The van der Waals surface area contributed by atoms with Gasteiger partial charge in [-0.2, -0.15) is 0 Å². The highest BCUT2D eigenvalue weighted by atomic mass is 35.5. The Morgan fingerprint density at radius 3 is 2.57 bits per heavy atom. The van der Waals surface area contributed by atoms with Gasteiger partial charge in [0.25, 0.3) is 0 Å². The molecule has 0 radical (unpaired) electrons. The van der Waals surface area contributed by atoms with Crippen LogP contribution in [-0.2, 0) is 5.75 Å². The second-order valence-electron chi connectivity index (χ2n) is 4.54. The zero-order valence-corrected chi connectivity index (χ0v) is 12.8. The van der Waals surface area contributed by atoms with Crippen LogP contribution in [0.15, 0.2) is 42.5 Å². The van der Waals surface area contributed by atoms with Gasteiger partial charge in [-0.05, 0) is 36.8 Å². The van der Waals surface area contributed by atoms with Crippen molar-refractivity contribution in [3.63, 3.8) is 0 Å². The van der Waals surface area contributed by atoms with Crippen molar-refractivity contribution in [2.45, 2.75) is 17.9 Å². The lowest BCUT2D eigenvalue weighted by Crippen LogP contribution is -2.14. The van der Waals surface area contributed by atoms with Crippen molar-refractivity contribution in [3.8, 4) is 0 Å². The molecule has 0 amide bonds. The predicted molar refractivity (Wildman–Crippen MR) is 82.9 cm³/mol. The van der Waals surface area contributed by atoms with Gasteiger partial charge in [0, 0.05) is 16.3 Å². The van der Waals surface area contributed by atoms with Gasteiger partial charge in [-0.15, -0.1) is 11.8 Å². The summed E-state index contributed by atoms with van der Waals surface area (Å²) in [5, 5.41) is 0.281. The Bertz CT molecular complexity index is 660. The minimum atomic E-state index is -1.01. The van der Waals surface area contributed by atoms with Crippen LogP contribution in [0.25, 0.3) is 0 Å². The van der Waals surface area contributed by atoms with Crippen molar-refractivity contribution in [2.75, 3.05) is 0 Å². The van der Waals surface area contributed by atoms with Crippen LogP contribution in [0.5, 0.6) is 0 Å². The Labute approximate surface area is 131 Å². The monoisotopic (exact) mass is 326 g/mol. The standard InChI is InChI=1S/C16H13ClF2OS/c1-10(21-9-12-4-2-3-5-13(12)17)16(20)11-6-7-14(18)15(19)8-11/h2-8,10H,9H2,1H3. The molecule has 2 aromatic rings. The molecule has 21 heavy (non-hydrogen) atoms. The number of hydrogen-bond acceptors (Lipinski definition) is 2. The van der Waals surface area contributed by atoms with E-state index in [0.29, 0.717) is 10.8 Å². The van der Waals surface area contributed by atoms with Gasteiger partial charge >= 0.3 is 0 Å². The first kappa shape index (κ1) is 16.0. The Kier molecular flexibility index (Phi) is 5.37. The minimum absolute atomic E-state index is 0.174. The highest BCUT2D eigenvalue weighted by Gasteiger charge is 2.17. The van der Waals surface area contributed by atoms with Crippen LogP contribution in [0, 0.1) is 11.6 Å². The summed E-state index contributed by atoms with van der Waals surface area (Å²) in [5.74, 6) is -1.62. The molecule has 0 saturated heterocycles. The summed E-state index contributed by atoms with van der Waals surface area (Å²) < 4.78 is 26.0. The number of thioether (sulfide) groups is 1. The molecule has 0 bridgehead atoms. The van der Waals surface area contributed by atoms with Crippen molar-refractivity contribution >= 4 is 29.1 Å². The third-order valence-electron chi connectivity index (χ3n) is 3.02. The van der Waals surface area contributed by atoms with Gasteiger partial charge in [-0.3, -0.25) is 4.79 Å². The molecule has 0 aliphatic heterocycles. The van der Waals surface area contributed by atoms with E-state index in [1.54, 1.807) is 13.0 Å². The summed E-state index contributed by atoms with van der Waals surface area (Å²) in [4.78, 5) is 12.2. The van der Waals surface area contributed by atoms with Crippen molar-refractivity contribution < 1.29 is 13.6 Å². The van der Waals surface area contributed by atoms with Gasteiger partial charge in [-0.25, -0.2) is 8.78 Å². The minimum Gasteiger partial charge on any atom is -0.293 e. The topological polar surface area (TPSA) is 17.1 Å². The van der Waals surface area contributed by atoms with Gasteiger partial charge in [-0.1, -0.05) is 29.8 Å². The van der Waals surface area contributed by atoms with Crippen molar-refractivity contribution in [3.05, 3.63) is 70.2 Å². The van der Waals surface area contributed by atoms with Crippen molar-refractivity contribution in [1.29, 1.82) is 0 Å². The molecule has 1 nitrogen and oxygen atoms in total. The van der Waals surface area contributed by atoms with E-state index in [1.165, 1.54) is 17.8 Å². The van der Waals surface area contributed by atoms with Crippen molar-refractivity contribution in [2.24, 2.45) is 0 Å². The zero-order chi connectivity index (χ0) is 15.4. The second kappa shape index (κ2) is 7.05. The van der Waals surface area contributed by atoms with Crippen LogP contribution in [0.4, 0.5) is 8.78 Å². The average Bonchev–Trinajstić information content (AvgIpc) is 2.48. The first-order valence-corrected chi connectivity index (χ1v) is 7.76. The molecule has 1 unspecified atom stereocenters. The molecule has 0 aliphatic rings. The van der Waals surface area contributed by atoms with Crippen LogP contribution < -0.4 is 0 Å². The maximum Gasteiger partial charge on any atom is 0.175 e. The number of hydrogen-bond donors (Lipinski definition) is 0. The van der Waals surface area contributed by atoms with Crippen LogP contribution in [0.3, 0.4) is 0 Å². The maximum absolute atomic E-state index is 13.2. The Morgan fingerprint density at radius 1 is 1.19 bits per heavy atom. The van der Waals surface area contributed by atoms with E-state index in [9.17, 15) is 13.6 Å². The quantitative estimate of drug-likeness (QED) is 0.709. The Morgan fingerprint density at radius 2 is 1.90 bits per heavy atom. The molecule has 0 heterocycles. The molecule has 0 fully saturated rings. The lowest BCUT2D eigenvalue weighted by Gasteiger charge is -2.11. The van der Waals surface area contributed by atoms with E-state index in [2.05, 4.69) is 0 Å². The molecule has 0 spiro atoms. The number of halogens is 3. The molecule has 0 N–H and O–H groups in total. The van der Waals surface area contributed by atoms with E-state index in [1.807, 2.05) is 18.2 Å². The number of Topliss-reactive ketones (excluding diaryl/α,β-unsaturated/α-hetero) is 1. The highest BCUT2D eigenvalue weighted by Crippen LogP contribution is 2.25. The van der Waals surface area contributed by atoms with E-state index in [-0.39, 0.29) is 16.6 Å². The number of benzene rings is 2. The molecule has 0 saturated carbocycles. The fourth-order valence-corrected chi connectivity index (χ4v) is 3.04. The number of carbonyl (C=O) groups is 1. The van der Waals surface area contributed by atoms with Crippen LogP contribution in [-0.4, -0.2) is 11.0 Å². The number of rotatable bonds is 5. The smallest absolute Gasteiger partial charge is 0.175 e. The lowest BCUT2D eigenvalue weighted by atomic mass is 10.1. The summed E-state index contributed by atoms with van der Waals surface area (Å²) >= 11 is 7.46. The van der Waals surface area contributed by atoms with E-state index < -0.39 is 11.6 Å². The van der Waals surface area contributed by atoms with Gasteiger partial charge in [0.05, 0.1) is 5.25 Å². The van der Waals surface area contributed by atoms with E-state index in [4.69, 9.17) is 11.6 Å². The normalized spacial score (nSPS) is 12.2. The third-order valence-corrected chi connectivity index (χ3v) is 4.58. The van der Waals surface area contributed by atoms with E-state index in [0.717, 1.165) is 17.7 Å². The summed E-state index contributed by atoms with van der Waals surface area (Å²) in [7, 11) is 0. The van der Waals surface area contributed by atoms with Gasteiger partial charge < -0.3 is 0 Å². The lowest BCUT2D eigenvalue weighted by molar-refractivity contribution is 0.0993. The highest BCUT2D eigenvalue weighted by molar-refractivity contribution is 7.99. The molecule has 0 aromatic heterocycles. The first-order valence-electron chi connectivity index (χ1n) is 6.33. The summed E-state index contributed by atoms with van der Waals surface area (Å²) in [5.41, 5.74) is 1.11. The summed E-state index contributed by atoms with van der Waals surface area (Å²) in [6.45, 7) is 1.74. The number of carbonyl (C=O) groups excluding carboxylic acids is 1. The molecular weight excluding hydrogens is 314 g/mol. The van der Waals surface area contributed by atoms with Gasteiger partial charge in [0.1, 0.15) is 0 Å². The molecular formula is C16H13ClF2OS. The largest absolute Gasteiger partial charge is 0.293 e. The van der Waals surface area contributed by atoms with E-state index >= 15 is 0 Å². The Hall–Kier alpha value is -1.39. The molecule has 2 aromatic carbocycles. The zero-order valence-electron chi connectivity index (χ0n) is 11.3. The molecule has 5 heteroatoms. The van der Waals surface area contributed by atoms with Crippen molar-refractivity contribution in [1.82, 2.24) is 0 Å². The van der Waals surface area contributed by atoms with Crippen LogP contribution >= 0.6 is 23.4 Å². The summed E-state index contributed by atoms with van der Waals surface area (Å²) in [6, 6.07) is 10.6. The van der Waals surface area contributed by atoms with Gasteiger partial charge in [0.15, 0.2) is 17.4 Å². The second-order valence-corrected chi connectivity index (χ2v) is 6.27. The SMILES string of the molecule is CC(SCc1ccccc1Cl)C(=O)c1ccc(F)c(F)c1. The predicted octanol–water partition coefficient (Wildman–Crippen LogP) is 5.12. The first-order chi connectivity index (χ1) is 9.99. The van der Waals surface area contributed by atoms with Crippen LogP contribution in [0.1, 0.15) is 22.8 Å². The average molecular weight is 327 g/mol. The molecule has 110 valence electrons. The van der Waals surface area contributed by atoms with Gasteiger partial charge in [0.2, 0.25) is 0 Å². The van der Waals surface area contributed by atoms with Crippen LogP contribution in [0.2, 0.25) is 5.02 Å². The molecule has 2 rings (SSSR count).